The lowest BCUT2D eigenvalue weighted by molar-refractivity contribution is 0.477. The molecule has 0 atom stereocenters. The van der Waals surface area contributed by atoms with E-state index in [0.29, 0.717) is 0 Å². The summed E-state index contributed by atoms with van der Waals surface area (Å²) in [6, 6.07) is 50.1. The van der Waals surface area contributed by atoms with Crippen LogP contribution >= 0.6 is 0 Å². The van der Waals surface area contributed by atoms with Crippen molar-refractivity contribution in [2.24, 2.45) is 0 Å². The number of anilines is 3. The van der Waals surface area contributed by atoms with Crippen molar-refractivity contribution in [3.63, 3.8) is 0 Å². The third-order valence-electron chi connectivity index (χ3n) is 8.30. The van der Waals surface area contributed by atoms with Crippen LogP contribution in [0, 0.1) is 0 Å². The minimum Gasteiger partial charge on any atom is -0.453 e. The lowest BCUT2D eigenvalue weighted by atomic mass is 10.1. The van der Waals surface area contributed by atoms with E-state index in [1.165, 1.54) is 10.8 Å². The molecule has 6 aromatic carbocycles. The molecule has 2 aromatic heterocycles. The highest BCUT2D eigenvalue weighted by Gasteiger charge is 2.25. The highest BCUT2D eigenvalue weighted by Crippen LogP contribution is 2.50. The lowest BCUT2D eigenvalue weighted by Gasteiger charge is -2.32. The van der Waals surface area contributed by atoms with Crippen LogP contribution in [0.3, 0.4) is 0 Å². The molecule has 0 spiro atoms. The fraction of sp³-hybridized carbons (Fsp3) is 0. The summed E-state index contributed by atoms with van der Waals surface area (Å²) in [5, 5.41) is 11.6. The second kappa shape index (κ2) is 9.71. The fourth-order valence-electron chi connectivity index (χ4n) is 6.31. The van der Waals surface area contributed by atoms with Gasteiger partial charge in [-0.05, 0) is 60.7 Å². The molecule has 0 radical (unpaired) electrons. The van der Waals surface area contributed by atoms with E-state index in [1.54, 1.807) is 0 Å². The Bertz CT molecular complexity index is 2230. The van der Waals surface area contributed by atoms with E-state index in [4.69, 9.17) is 4.74 Å². The van der Waals surface area contributed by atoms with Gasteiger partial charge in [0, 0.05) is 22.0 Å². The van der Waals surface area contributed by atoms with Crippen LogP contribution in [-0.4, -0.2) is 19.6 Å². The van der Waals surface area contributed by atoms with Gasteiger partial charge in [0.25, 0.3) is 0 Å². The Morgan fingerprint density at radius 1 is 0.477 bits per heavy atom. The summed E-state index contributed by atoms with van der Waals surface area (Å²) in [4.78, 5) is 2.23. The molecule has 0 saturated carbocycles. The van der Waals surface area contributed by atoms with Gasteiger partial charge in [0.1, 0.15) is 5.69 Å². The van der Waals surface area contributed by atoms with Crippen LogP contribution in [0.1, 0.15) is 0 Å². The fourth-order valence-corrected chi connectivity index (χ4v) is 6.31. The zero-order valence-electron chi connectivity index (χ0n) is 23.6. The van der Waals surface area contributed by atoms with Gasteiger partial charge in [0.05, 0.1) is 40.0 Å². The Kier molecular flexibility index (Phi) is 5.40. The van der Waals surface area contributed by atoms with Crippen molar-refractivity contribution < 1.29 is 4.74 Å². The van der Waals surface area contributed by atoms with Crippen molar-refractivity contribution in [1.82, 2.24) is 19.6 Å². The molecule has 0 N–H and O–H groups in total. The summed E-state index contributed by atoms with van der Waals surface area (Å²) in [6.07, 6.45) is 2.00. The molecule has 0 saturated heterocycles. The largest absolute Gasteiger partial charge is 0.453 e. The van der Waals surface area contributed by atoms with Crippen molar-refractivity contribution in [2.45, 2.75) is 0 Å². The highest BCUT2D eigenvalue weighted by molar-refractivity contribution is 6.09. The van der Waals surface area contributed by atoms with E-state index in [2.05, 4.69) is 123 Å². The van der Waals surface area contributed by atoms with E-state index in [-0.39, 0.29) is 0 Å². The number of ether oxygens (including phenoxy) is 1. The Morgan fingerprint density at radius 2 is 1.00 bits per heavy atom. The molecular weight excluding hydrogens is 542 g/mol. The Labute approximate surface area is 253 Å². The summed E-state index contributed by atoms with van der Waals surface area (Å²) in [7, 11) is 0. The first kappa shape index (κ1) is 24.5. The highest BCUT2D eigenvalue weighted by atomic mass is 16.5. The smallest absolute Gasteiger partial charge is 0.151 e. The summed E-state index contributed by atoms with van der Waals surface area (Å²) in [5.41, 5.74) is 9.16. The summed E-state index contributed by atoms with van der Waals surface area (Å²) in [5.74, 6) is 1.67. The average Bonchev–Trinajstić information content (AvgIpc) is 3.71. The first-order valence-corrected chi connectivity index (χ1v) is 14.6. The maximum absolute atomic E-state index is 6.19. The number of nitrogens with zero attached hydrogens (tertiary/aromatic N) is 5. The molecule has 1 aliphatic heterocycles. The van der Waals surface area contributed by atoms with Gasteiger partial charge in [0.15, 0.2) is 11.5 Å². The zero-order valence-corrected chi connectivity index (χ0v) is 23.6. The molecule has 44 heavy (non-hydrogen) atoms. The molecule has 0 bridgehead atoms. The van der Waals surface area contributed by atoms with Crippen molar-refractivity contribution in [2.75, 3.05) is 4.90 Å². The third-order valence-corrected chi connectivity index (χ3v) is 8.30. The van der Waals surface area contributed by atoms with E-state index in [9.17, 15) is 0 Å². The Morgan fingerprint density at radius 3 is 1.64 bits per heavy atom. The lowest BCUT2D eigenvalue weighted by Crippen LogP contribution is -2.15. The molecule has 0 unspecified atom stereocenters. The third kappa shape index (κ3) is 3.75. The molecule has 1 aliphatic rings. The number of rotatable bonds is 4. The molecule has 0 aliphatic carbocycles. The number of hydrogen-bond acceptors (Lipinski definition) is 4. The van der Waals surface area contributed by atoms with Crippen LogP contribution in [0.5, 0.6) is 11.5 Å². The maximum Gasteiger partial charge on any atom is 0.151 e. The number of para-hydroxylation sites is 8. The standard InChI is InChI=1S/C38H25N5O/c1-3-13-31-28(11-1)29-12-2-4-14-32(29)43(31)34-16-6-5-15-33(34)41-25-30(39-40-41)26-21-23-27(24-22-26)42-35-17-7-9-19-37(35)44-38-20-10-8-18-36(38)42/h1-25H. The van der Waals surface area contributed by atoms with Crippen LogP contribution in [0.2, 0.25) is 0 Å². The van der Waals surface area contributed by atoms with Gasteiger partial charge in [-0.1, -0.05) is 90.1 Å². The van der Waals surface area contributed by atoms with Crippen LogP contribution < -0.4 is 9.64 Å². The van der Waals surface area contributed by atoms with Gasteiger partial charge in [-0.3, -0.25) is 0 Å². The maximum atomic E-state index is 6.19. The predicted molar refractivity (Wildman–Crippen MR) is 176 cm³/mol. The molecule has 0 amide bonds. The molecule has 0 fully saturated rings. The van der Waals surface area contributed by atoms with E-state index < -0.39 is 0 Å². The number of benzene rings is 6. The Hall–Kier alpha value is -6.14. The SMILES string of the molecule is c1ccc2c(c1)Oc1ccccc1N2c1ccc(-c2cn(-c3ccccc3-n3c4ccccc4c4ccccc43)nn2)cc1. The minimum absolute atomic E-state index is 0.802. The van der Waals surface area contributed by atoms with Gasteiger partial charge in [0.2, 0.25) is 0 Å². The van der Waals surface area contributed by atoms with Crippen LogP contribution in [0.15, 0.2) is 152 Å². The molecule has 8 aromatic rings. The molecular formula is C38H25N5O. The average molecular weight is 568 g/mol. The second-order valence-corrected chi connectivity index (χ2v) is 10.8. The number of aromatic nitrogens is 4. The number of fused-ring (bicyclic) bond motifs is 5. The quantitative estimate of drug-likeness (QED) is 0.212. The van der Waals surface area contributed by atoms with E-state index >= 15 is 0 Å². The van der Waals surface area contributed by atoms with Gasteiger partial charge in [-0.2, -0.15) is 0 Å². The van der Waals surface area contributed by atoms with Gasteiger partial charge < -0.3 is 14.2 Å². The van der Waals surface area contributed by atoms with Crippen LogP contribution in [0.25, 0.3) is 44.4 Å². The molecule has 3 heterocycles. The topological polar surface area (TPSA) is 48.1 Å². The van der Waals surface area contributed by atoms with Crippen molar-refractivity contribution in [3.05, 3.63) is 152 Å². The predicted octanol–water partition coefficient (Wildman–Crippen LogP) is 9.61. The first-order valence-electron chi connectivity index (χ1n) is 14.6. The van der Waals surface area contributed by atoms with Crippen molar-refractivity contribution >= 4 is 38.9 Å². The zero-order chi connectivity index (χ0) is 29.0. The van der Waals surface area contributed by atoms with E-state index in [0.717, 1.165) is 62.2 Å². The normalized spacial score (nSPS) is 12.2. The van der Waals surface area contributed by atoms with Gasteiger partial charge in [-0.25, -0.2) is 4.68 Å². The van der Waals surface area contributed by atoms with Gasteiger partial charge in [-0.15, -0.1) is 5.10 Å². The van der Waals surface area contributed by atoms with Crippen molar-refractivity contribution in [3.8, 4) is 34.1 Å². The molecule has 6 nitrogen and oxygen atoms in total. The second-order valence-electron chi connectivity index (χ2n) is 10.8. The van der Waals surface area contributed by atoms with Crippen LogP contribution in [0.4, 0.5) is 17.1 Å². The minimum atomic E-state index is 0.802. The summed E-state index contributed by atoms with van der Waals surface area (Å²) in [6.45, 7) is 0. The van der Waals surface area contributed by atoms with E-state index in [1.807, 2.05) is 53.3 Å². The molecule has 6 heteroatoms. The first-order chi connectivity index (χ1) is 21.8. The number of hydrogen-bond donors (Lipinski definition) is 0. The Balaban J connectivity index is 1.10. The van der Waals surface area contributed by atoms with Gasteiger partial charge >= 0.3 is 0 Å². The van der Waals surface area contributed by atoms with Crippen molar-refractivity contribution in [1.29, 1.82) is 0 Å². The summed E-state index contributed by atoms with van der Waals surface area (Å²) >= 11 is 0. The summed E-state index contributed by atoms with van der Waals surface area (Å²) < 4.78 is 10.4. The molecule has 208 valence electrons. The van der Waals surface area contributed by atoms with Crippen LogP contribution in [-0.2, 0) is 0 Å². The monoisotopic (exact) mass is 567 g/mol. The molecule has 9 rings (SSSR count).